The van der Waals surface area contributed by atoms with Gasteiger partial charge in [-0.25, -0.2) is 0 Å². The van der Waals surface area contributed by atoms with E-state index in [1.165, 1.54) is 0 Å². The van der Waals surface area contributed by atoms with Crippen molar-refractivity contribution in [1.29, 1.82) is 0 Å². The Morgan fingerprint density at radius 3 is 2.44 bits per heavy atom. The molecule has 1 fully saturated rings. The Morgan fingerprint density at radius 1 is 1.26 bits per heavy atom. The molecule has 2 N–H and O–H groups in total. The highest BCUT2D eigenvalue weighted by Crippen LogP contribution is 2.19. The minimum atomic E-state index is -0.302. The Bertz CT molecular complexity index is 677. The maximum atomic E-state index is 12.8. The lowest BCUT2D eigenvalue weighted by molar-refractivity contribution is -0.135. The van der Waals surface area contributed by atoms with Crippen molar-refractivity contribution in [2.75, 3.05) is 39.9 Å². The van der Waals surface area contributed by atoms with Crippen molar-refractivity contribution >= 4 is 17.7 Å². The predicted octanol–water partition coefficient (Wildman–Crippen LogP) is 1.10. The molecule has 1 saturated heterocycles. The standard InChI is InChI=1S/C19H29N3O5/c1-13-12-16(14(2)27-13)19(25)22(10-11-26-3)9-6-17(23)21-7-4-15(5-8-21)18(20)24/h12,15H,4-11H2,1-3H3,(H2,20,24). The molecule has 27 heavy (non-hydrogen) atoms. The first-order valence-electron chi connectivity index (χ1n) is 9.25. The molecule has 8 heteroatoms. The van der Waals surface area contributed by atoms with Crippen LogP contribution < -0.4 is 5.73 Å². The number of carbonyl (C=O) groups is 3. The van der Waals surface area contributed by atoms with Gasteiger partial charge in [0.05, 0.1) is 12.2 Å². The highest BCUT2D eigenvalue weighted by molar-refractivity contribution is 5.95. The fraction of sp³-hybridized carbons (Fsp3) is 0.632. The molecule has 0 bridgehead atoms. The van der Waals surface area contributed by atoms with E-state index in [9.17, 15) is 14.4 Å². The van der Waals surface area contributed by atoms with Crippen LogP contribution >= 0.6 is 0 Å². The molecule has 0 saturated carbocycles. The molecule has 1 aromatic rings. The summed E-state index contributed by atoms with van der Waals surface area (Å²) >= 11 is 0. The number of furan rings is 1. The van der Waals surface area contributed by atoms with Crippen molar-refractivity contribution in [1.82, 2.24) is 9.80 Å². The topological polar surface area (TPSA) is 106 Å². The average Bonchev–Trinajstić information content (AvgIpc) is 2.99. The minimum Gasteiger partial charge on any atom is -0.466 e. The van der Waals surface area contributed by atoms with Gasteiger partial charge in [-0.3, -0.25) is 14.4 Å². The smallest absolute Gasteiger partial charge is 0.257 e. The van der Waals surface area contributed by atoms with Crippen molar-refractivity contribution in [3.8, 4) is 0 Å². The number of amides is 3. The van der Waals surface area contributed by atoms with Gasteiger partial charge in [-0.05, 0) is 32.8 Å². The molecule has 1 aliphatic heterocycles. The van der Waals surface area contributed by atoms with E-state index in [0.717, 1.165) is 0 Å². The number of aryl methyl sites for hydroxylation is 2. The molecule has 3 amide bonds. The fourth-order valence-electron chi connectivity index (χ4n) is 3.33. The van der Waals surface area contributed by atoms with Gasteiger partial charge in [0, 0.05) is 45.6 Å². The molecule has 8 nitrogen and oxygen atoms in total. The van der Waals surface area contributed by atoms with Crippen molar-refractivity contribution < 1.29 is 23.5 Å². The third-order valence-corrected chi connectivity index (χ3v) is 4.97. The molecular formula is C19H29N3O5. The van der Waals surface area contributed by atoms with Gasteiger partial charge in [0.2, 0.25) is 11.8 Å². The second kappa shape index (κ2) is 9.55. The number of nitrogens with zero attached hydrogens (tertiary/aromatic N) is 2. The number of rotatable bonds is 8. The molecule has 1 aromatic heterocycles. The lowest BCUT2D eigenvalue weighted by Crippen LogP contribution is -2.43. The summed E-state index contributed by atoms with van der Waals surface area (Å²) in [6.45, 7) is 5.69. The molecule has 0 aliphatic carbocycles. The van der Waals surface area contributed by atoms with Crippen LogP contribution in [-0.2, 0) is 14.3 Å². The van der Waals surface area contributed by atoms with Crippen LogP contribution in [0.25, 0.3) is 0 Å². The van der Waals surface area contributed by atoms with E-state index in [4.69, 9.17) is 14.9 Å². The first-order valence-corrected chi connectivity index (χ1v) is 9.25. The Balaban J connectivity index is 1.94. The van der Waals surface area contributed by atoms with Crippen LogP contribution in [0.5, 0.6) is 0 Å². The van der Waals surface area contributed by atoms with E-state index in [1.807, 2.05) is 0 Å². The maximum Gasteiger partial charge on any atom is 0.257 e. The quantitative estimate of drug-likeness (QED) is 0.728. The highest BCUT2D eigenvalue weighted by Gasteiger charge is 2.27. The zero-order chi connectivity index (χ0) is 20.0. The Morgan fingerprint density at radius 2 is 1.93 bits per heavy atom. The fourth-order valence-corrected chi connectivity index (χ4v) is 3.33. The predicted molar refractivity (Wildman–Crippen MR) is 99.1 cm³/mol. The number of hydrogen-bond donors (Lipinski definition) is 1. The third-order valence-electron chi connectivity index (χ3n) is 4.97. The van der Waals surface area contributed by atoms with E-state index >= 15 is 0 Å². The molecular weight excluding hydrogens is 350 g/mol. The molecule has 0 spiro atoms. The van der Waals surface area contributed by atoms with Crippen molar-refractivity contribution in [3.63, 3.8) is 0 Å². The first kappa shape index (κ1) is 21.0. The Labute approximate surface area is 159 Å². The van der Waals surface area contributed by atoms with E-state index < -0.39 is 0 Å². The second-order valence-electron chi connectivity index (χ2n) is 6.92. The summed E-state index contributed by atoms with van der Waals surface area (Å²) in [6, 6.07) is 1.72. The van der Waals surface area contributed by atoms with E-state index in [1.54, 1.807) is 36.8 Å². The van der Waals surface area contributed by atoms with Gasteiger partial charge in [-0.2, -0.15) is 0 Å². The van der Waals surface area contributed by atoms with Crippen LogP contribution in [0, 0.1) is 19.8 Å². The number of piperidine rings is 1. The van der Waals surface area contributed by atoms with Crippen LogP contribution in [0.2, 0.25) is 0 Å². The normalized spacial score (nSPS) is 15.0. The Kier molecular flexibility index (Phi) is 7.41. The molecule has 0 radical (unpaired) electrons. The number of ether oxygens (including phenoxy) is 1. The number of carbonyl (C=O) groups excluding carboxylic acids is 3. The van der Waals surface area contributed by atoms with Gasteiger partial charge in [0.15, 0.2) is 0 Å². The minimum absolute atomic E-state index is 0.0202. The number of likely N-dealkylation sites (tertiary alicyclic amines) is 1. The number of hydrogen-bond acceptors (Lipinski definition) is 5. The third kappa shape index (κ3) is 5.56. The maximum absolute atomic E-state index is 12.8. The van der Waals surface area contributed by atoms with Crippen LogP contribution in [0.1, 0.15) is 41.1 Å². The van der Waals surface area contributed by atoms with Crippen molar-refractivity contribution in [2.45, 2.75) is 33.1 Å². The summed E-state index contributed by atoms with van der Waals surface area (Å²) in [7, 11) is 1.57. The second-order valence-corrected chi connectivity index (χ2v) is 6.92. The first-order chi connectivity index (χ1) is 12.8. The van der Waals surface area contributed by atoms with Crippen LogP contribution in [0.4, 0.5) is 0 Å². The highest BCUT2D eigenvalue weighted by atomic mass is 16.5. The van der Waals surface area contributed by atoms with Gasteiger partial charge in [0.25, 0.3) is 5.91 Å². The molecule has 0 unspecified atom stereocenters. The molecule has 2 rings (SSSR count). The zero-order valence-corrected chi connectivity index (χ0v) is 16.3. The zero-order valence-electron chi connectivity index (χ0n) is 16.3. The monoisotopic (exact) mass is 379 g/mol. The van der Waals surface area contributed by atoms with Gasteiger partial charge in [-0.1, -0.05) is 0 Å². The van der Waals surface area contributed by atoms with Crippen molar-refractivity contribution in [2.24, 2.45) is 11.7 Å². The summed E-state index contributed by atoms with van der Waals surface area (Å²) < 4.78 is 10.5. The summed E-state index contributed by atoms with van der Waals surface area (Å²) in [5, 5.41) is 0. The van der Waals surface area contributed by atoms with E-state index in [0.29, 0.717) is 62.7 Å². The summed E-state index contributed by atoms with van der Waals surface area (Å²) in [5.41, 5.74) is 5.84. The van der Waals surface area contributed by atoms with Crippen molar-refractivity contribution in [3.05, 3.63) is 23.2 Å². The average molecular weight is 379 g/mol. The largest absolute Gasteiger partial charge is 0.466 e. The molecule has 1 aliphatic rings. The van der Waals surface area contributed by atoms with Gasteiger partial charge in [-0.15, -0.1) is 0 Å². The summed E-state index contributed by atoms with van der Waals surface area (Å²) in [5.74, 6) is 0.607. The number of nitrogens with two attached hydrogens (primary N) is 1. The van der Waals surface area contributed by atoms with Crippen LogP contribution in [0.15, 0.2) is 10.5 Å². The number of methoxy groups -OCH3 is 1. The lowest BCUT2D eigenvalue weighted by Gasteiger charge is -2.31. The van der Waals surface area contributed by atoms with Gasteiger partial charge >= 0.3 is 0 Å². The Hall–Kier alpha value is -2.35. The van der Waals surface area contributed by atoms with Crippen LogP contribution in [0.3, 0.4) is 0 Å². The molecule has 2 heterocycles. The lowest BCUT2D eigenvalue weighted by atomic mass is 9.96. The summed E-state index contributed by atoms with van der Waals surface area (Å²) in [6.07, 6.45) is 1.42. The number of primary amides is 1. The van der Waals surface area contributed by atoms with Crippen LogP contribution in [-0.4, -0.2) is 67.4 Å². The van der Waals surface area contributed by atoms with Gasteiger partial charge < -0.3 is 24.7 Å². The summed E-state index contributed by atoms with van der Waals surface area (Å²) in [4.78, 5) is 39.9. The molecule has 0 atom stereocenters. The molecule has 150 valence electrons. The van der Waals surface area contributed by atoms with E-state index in [-0.39, 0.29) is 30.1 Å². The van der Waals surface area contributed by atoms with E-state index in [2.05, 4.69) is 0 Å². The molecule has 0 aromatic carbocycles. The van der Waals surface area contributed by atoms with Gasteiger partial charge in [0.1, 0.15) is 11.5 Å². The SMILES string of the molecule is COCCN(CCC(=O)N1CCC(C(N)=O)CC1)C(=O)c1cc(C)oc1C.